The van der Waals surface area contributed by atoms with Crippen LogP contribution in [0, 0.1) is 11.3 Å². The standard InChI is InChI=1S/C17H20N6/c1-2-19-16-7-8-20-17(21-16)23-11-9-22(10-12-23)15-5-3-14(13-18)4-6-15/h3-8H,2,9-12H2,1H3,(H,19,20,21). The molecule has 0 amide bonds. The fourth-order valence-electron chi connectivity index (χ4n) is 2.69. The summed E-state index contributed by atoms with van der Waals surface area (Å²) in [4.78, 5) is 13.5. The lowest BCUT2D eigenvalue weighted by atomic mass is 10.2. The topological polar surface area (TPSA) is 68.1 Å². The second-order valence-electron chi connectivity index (χ2n) is 5.40. The third-order valence-electron chi connectivity index (χ3n) is 3.92. The normalized spacial score (nSPS) is 14.4. The van der Waals surface area contributed by atoms with Crippen molar-refractivity contribution in [2.24, 2.45) is 0 Å². The molecule has 1 aliphatic rings. The number of hydrogen-bond acceptors (Lipinski definition) is 6. The molecule has 6 nitrogen and oxygen atoms in total. The molecule has 1 aromatic heterocycles. The first-order chi connectivity index (χ1) is 11.3. The van der Waals surface area contributed by atoms with Gasteiger partial charge in [-0.1, -0.05) is 0 Å². The zero-order valence-electron chi connectivity index (χ0n) is 13.2. The van der Waals surface area contributed by atoms with Crippen molar-refractivity contribution in [2.75, 3.05) is 47.8 Å². The maximum Gasteiger partial charge on any atom is 0.227 e. The predicted octanol–water partition coefficient (Wildman–Crippen LogP) is 2.11. The lowest BCUT2D eigenvalue weighted by molar-refractivity contribution is 0.640. The summed E-state index contributed by atoms with van der Waals surface area (Å²) < 4.78 is 0. The molecule has 6 heteroatoms. The molecule has 0 aliphatic carbocycles. The maximum atomic E-state index is 8.87. The number of rotatable bonds is 4. The van der Waals surface area contributed by atoms with E-state index in [0.29, 0.717) is 5.56 Å². The molecule has 23 heavy (non-hydrogen) atoms. The summed E-state index contributed by atoms with van der Waals surface area (Å²) in [5.41, 5.74) is 1.85. The highest BCUT2D eigenvalue weighted by atomic mass is 15.3. The van der Waals surface area contributed by atoms with Crippen molar-refractivity contribution in [1.82, 2.24) is 9.97 Å². The third kappa shape index (κ3) is 3.51. The Morgan fingerprint density at radius 3 is 2.43 bits per heavy atom. The van der Waals surface area contributed by atoms with Gasteiger partial charge in [-0.25, -0.2) is 4.98 Å². The highest BCUT2D eigenvalue weighted by Crippen LogP contribution is 2.19. The Bertz CT molecular complexity index is 683. The Hall–Kier alpha value is -2.81. The number of hydrogen-bond donors (Lipinski definition) is 1. The summed E-state index contributed by atoms with van der Waals surface area (Å²) in [7, 11) is 0. The van der Waals surface area contributed by atoms with Gasteiger partial charge in [0.25, 0.3) is 0 Å². The minimum Gasteiger partial charge on any atom is -0.370 e. The van der Waals surface area contributed by atoms with E-state index in [2.05, 4.69) is 38.1 Å². The molecule has 118 valence electrons. The van der Waals surface area contributed by atoms with Crippen LogP contribution in [0.3, 0.4) is 0 Å². The molecule has 1 aliphatic heterocycles. The maximum absolute atomic E-state index is 8.87. The van der Waals surface area contributed by atoms with Gasteiger partial charge in [-0.05, 0) is 37.3 Å². The number of aromatic nitrogens is 2. The number of anilines is 3. The summed E-state index contributed by atoms with van der Waals surface area (Å²) in [6, 6.07) is 11.8. The van der Waals surface area contributed by atoms with Crippen LogP contribution in [-0.2, 0) is 0 Å². The number of benzene rings is 1. The van der Waals surface area contributed by atoms with Crippen molar-refractivity contribution in [3.8, 4) is 6.07 Å². The van der Waals surface area contributed by atoms with Gasteiger partial charge in [-0.2, -0.15) is 10.2 Å². The van der Waals surface area contributed by atoms with E-state index < -0.39 is 0 Å². The van der Waals surface area contributed by atoms with Gasteiger partial charge in [-0.15, -0.1) is 0 Å². The molecule has 1 saturated heterocycles. The van der Waals surface area contributed by atoms with E-state index in [-0.39, 0.29) is 0 Å². The van der Waals surface area contributed by atoms with E-state index >= 15 is 0 Å². The van der Waals surface area contributed by atoms with Crippen LogP contribution < -0.4 is 15.1 Å². The first-order valence-electron chi connectivity index (χ1n) is 7.87. The lowest BCUT2D eigenvalue weighted by Crippen LogP contribution is -2.47. The highest BCUT2D eigenvalue weighted by molar-refractivity contribution is 5.51. The molecular weight excluding hydrogens is 288 g/mol. The van der Waals surface area contributed by atoms with Crippen molar-refractivity contribution in [3.05, 3.63) is 42.1 Å². The molecule has 0 radical (unpaired) electrons. The zero-order chi connectivity index (χ0) is 16.1. The Kier molecular flexibility index (Phi) is 4.57. The van der Waals surface area contributed by atoms with Crippen LogP contribution >= 0.6 is 0 Å². The van der Waals surface area contributed by atoms with Crippen LogP contribution in [-0.4, -0.2) is 42.7 Å². The van der Waals surface area contributed by atoms with Gasteiger partial charge in [0, 0.05) is 44.6 Å². The molecule has 3 rings (SSSR count). The molecule has 1 N–H and O–H groups in total. The fourth-order valence-corrected chi connectivity index (χ4v) is 2.69. The summed E-state index contributed by atoms with van der Waals surface area (Å²) in [6.07, 6.45) is 1.80. The van der Waals surface area contributed by atoms with Crippen molar-refractivity contribution in [1.29, 1.82) is 5.26 Å². The van der Waals surface area contributed by atoms with Gasteiger partial charge in [0.05, 0.1) is 11.6 Å². The van der Waals surface area contributed by atoms with E-state index in [4.69, 9.17) is 5.26 Å². The zero-order valence-corrected chi connectivity index (χ0v) is 13.2. The molecule has 0 spiro atoms. The predicted molar refractivity (Wildman–Crippen MR) is 91.8 cm³/mol. The smallest absolute Gasteiger partial charge is 0.227 e. The highest BCUT2D eigenvalue weighted by Gasteiger charge is 2.19. The monoisotopic (exact) mass is 308 g/mol. The van der Waals surface area contributed by atoms with Crippen LogP contribution in [0.5, 0.6) is 0 Å². The molecular formula is C17H20N6. The lowest BCUT2D eigenvalue weighted by Gasteiger charge is -2.36. The van der Waals surface area contributed by atoms with Gasteiger partial charge in [0.2, 0.25) is 5.95 Å². The largest absolute Gasteiger partial charge is 0.370 e. The van der Waals surface area contributed by atoms with Crippen LogP contribution in [0.1, 0.15) is 12.5 Å². The average Bonchev–Trinajstić information content (AvgIpc) is 2.62. The Morgan fingerprint density at radius 2 is 1.78 bits per heavy atom. The van der Waals surface area contributed by atoms with Gasteiger partial charge in [0.1, 0.15) is 5.82 Å². The molecule has 2 aromatic rings. The Labute approximate surface area is 136 Å². The summed E-state index contributed by atoms with van der Waals surface area (Å²) in [5, 5.41) is 12.1. The first kappa shape index (κ1) is 15.1. The van der Waals surface area contributed by atoms with Gasteiger partial charge in [0.15, 0.2) is 0 Å². The van der Waals surface area contributed by atoms with E-state index in [1.165, 1.54) is 0 Å². The quantitative estimate of drug-likeness (QED) is 0.933. The summed E-state index contributed by atoms with van der Waals surface area (Å²) in [5.74, 6) is 1.65. The first-order valence-corrected chi connectivity index (χ1v) is 7.87. The molecule has 0 unspecified atom stereocenters. The van der Waals surface area contributed by atoms with Gasteiger partial charge in [-0.3, -0.25) is 0 Å². The molecule has 0 bridgehead atoms. The summed E-state index contributed by atoms with van der Waals surface area (Å²) >= 11 is 0. The van der Waals surface area contributed by atoms with Crippen molar-refractivity contribution >= 4 is 17.5 Å². The minimum atomic E-state index is 0.695. The minimum absolute atomic E-state index is 0.695. The van der Waals surface area contributed by atoms with Crippen molar-refractivity contribution in [3.63, 3.8) is 0 Å². The van der Waals surface area contributed by atoms with E-state index in [0.717, 1.165) is 50.2 Å². The summed E-state index contributed by atoms with van der Waals surface area (Å²) in [6.45, 7) is 6.51. The number of nitrogens with zero attached hydrogens (tertiary/aromatic N) is 5. The van der Waals surface area contributed by atoms with E-state index in [9.17, 15) is 0 Å². The van der Waals surface area contributed by atoms with E-state index in [1.54, 1.807) is 6.20 Å². The Balaban J connectivity index is 1.63. The second kappa shape index (κ2) is 6.97. The van der Waals surface area contributed by atoms with Crippen LogP contribution in [0.4, 0.5) is 17.5 Å². The Morgan fingerprint density at radius 1 is 1.09 bits per heavy atom. The van der Waals surface area contributed by atoms with Crippen LogP contribution in [0.2, 0.25) is 0 Å². The number of nitriles is 1. The fraction of sp³-hybridized carbons (Fsp3) is 0.353. The number of nitrogens with one attached hydrogen (secondary N) is 1. The molecule has 0 atom stereocenters. The van der Waals surface area contributed by atoms with Crippen molar-refractivity contribution < 1.29 is 0 Å². The van der Waals surface area contributed by atoms with Gasteiger partial charge >= 0.3 is 0 Å². The molecule has 0 saturated carbocycles. The van der Waals surface area contributed by atoms with Crippen molar-refractivity contribution in [2.45, 2.75) is 6.92 Å². The average molecular weight is 308 g/mol. The number of piperazine rings is 1. The third-order valence-corrected chi connectivity index (χ3v) is 3.92. The van der Waals surface area contributed by atoms with E-state index in [1.807, 2.05) is 30.3 Å². The second-order valence-corrected chi connectivity index (χ2v) is 5.40. The molecule has 1 aromatic carbocycles. The van der Waals surface area contributed by atoms with Crippen LogP contribution in [0.15, 0.2) is 36.5 Å². The van der Waals surface area contributed by atoms with Crippen LogP contribution in [0.25, 0.3) is 0 Å². The molecule has 1 fully saturated rings. The van der Waals surface area contributed by atoms with Gasteiger partial charge < -0.3 is 15.1 Å². The SMILES string of the molecule is CCNc1ccnc(N2CCN(c3ccc(C#N)cc3)CC2)n1. The molecule has 2 heterocycles.